The van der Waals surface area contributed by atoms with Crippen molar-refractivity contribution < 1.29 is 9.21 Å². The molecule has 0 aliphatic carbocycles. The average molecular weight is 293 g/mol. The van der Waals surface area contributed by atoms with E-state index in [1.54, 1.807) is 11.8 Å². The zero-order valence-electron chi connectivity index (χ0n) is 11.1. The number of aromatic nitrogens is 1. The number of benzene rings is 2. The molecule has 0 spiro atoms. The van der Waals surface area contributed by atoms with Crippen molar-refractivity contribution in [3.8, 4) is 11.5 Å². The number of ketones is 1. The van der Waals surface area contributed by atoms with Gasteiger partial charge in [0.2, 0.25) is 11.7 Å². The van der Waals surface area contributed by atoms with Gasteiger partial charge in [-0.2, -0.15) is 0 Å². The molecule has 0 radical (unpaired) electrons. The van der Waals surface area contributed by atoms with Gasteiger partial charge in [-0.15, -0.1) is 11.8 Å². The van der Waals surface area contributed by atoms with Crippen molar-refractivity contribution in [1.29, 1.82) is 0 Å². The second-order valence-corrected chi connectivity index (χ2v) is 5.79. The summed E-state index contributed by atoms with van der Waals surface area (Å²) in [7, 11) is 0. The Kier molecular flexibility index (Phi) is 2.89. The van der Waals surface area contributed by atoms with Crippen molar-refractivity contribution in [1.82, 2.24) is 4.98 Å². The van der Waals surface area contributed by atoms with Crippen molar-refractivity contribution in [2.45, 2.75) is 10.6 Å². The number of hydrogen-bond acceptors (Lipinski definition) is 4. The van der Waals surface area contributed by atoms with Crippen LogP contribution in [0.25, 0.3) is 11.5 Å². The van der Waals surface area contributed by atoms with Crippen LogP contribution >= 0.6 is 11.8 Å². The first kappa shape index (κ1) is 12.4. The van der Waals surface area contributed by atoms with Crippen LogP contribution in [0.5, 0.6) is 0 Å². The first-order valence-electron chi connectivity index (χ1n) is 6.64. The zero-order valence-corrected chi connectivity index (χ0v) is 11.9. The quantitative estimate of drug-likeness (QED) is 0.675. The Morgan fingerprint density at radius 2 is 1.76 bits per heavy atom. The molecule has 0 bridgehead atoms. The van der Waals surface area contributed by atoms with Gasteiger partial charge < -0.3 is 4.42 Å². The highest BCUT2D eigenvalue weighted by Crippen LogP contribution is 2.35. The fraction of sp³-hybridized carbons (Fsp3) is 0.0588. The molecule has 102 valence electrons. The Labute approximate surface area is 126 Å². The van der Waals surface area contributed by atoms with E-state index in [0.29, 0.717) is 28.7 Å². The highest BCUT2D eigenvalue weighted by molar-refractivity contribution is 7.98. The number of rotatable bonds is 1. The predicted octanol–water partition coefficient (Wildman–Crippen LogP) is 4.18. The highest BCUT2D eigenvalue weighted by atomic mass is 32.2. The minimum absolute atomic E-state index is 0.0588. The highest BCUT2D eigenvalue weighted by Gasteiger charge is 2.27. The van der Waals surface area contributed by atoms with Crippen LogP contribution in [0.15, 0.2) is 63.9 Å². The van der Waals surface area contributed by atoms with Gasteiger partial charge in [-0.3, -0.25) is 4.79 Å². The fourth-order valence-corrected chi connectivity index (χ4v) is 3.36. The first-order chi connectivity index (χ1) is 10.3. The molecule has 4 heteroatoms. The molecule has 1 aliphatic rings. The number of fused-ring (bicyclic) bond motifs is 2. The lowest BCUT2D eigenvalue weighted by atomic mass is 10.1. The maximum Gasteiger partial charge on any atom is 0.227 e. The first-order valence-corrected chi connectivity index (χ1v) is 7.63. The van der Waals surface area contributed by atoms with Crippen LogP contribution in [0.4, 0.5) is 0 Å². The summed E-state index contributed by atoms with van der Waals surface area (Å²) in [6.45, 7) is 0. The van der Waals surface area contributed by atoms with Gasteiger partial charge in [0.05, 0.1) is 5.75 Å². The summed E-state index contributed by atoms with van der Waals surface area (Å²) in [6.07, 6.45) is 0. The van der Waals surface area contributed by atoms with Crippen molar-refractivity contribution >= 4 is 17.5 Å². The number of hydrogen-bond donors (Lipinski definition) is 0. The van der Waals surface area contributed by atoms with E-state index in [0.717, 1.165) is 10.5 Å². The molecule has 0 N–H and O–H groups in total. The Balaban J connectivity index is 1.83. The summed E-state index contributed by atoms with van der Waals surface area (Å²) < 4.78 is 5.82. The lowest BCUT2D eigenvalue weighted by Crippen LogP contribution is -2.03. The second-order valence-electron chi connectivity index (χ2n) is 4.77. The van der Waals surface area contributed by atoms with E-state index in [-0.39, 0.29) is 5.78 Å². The van der Waals surface area contributed by atoms with Crippen LogP contribution in [-0.2, 0) is 5.75 Å². The third-order valence-corrected chi connectivity index (χ3v) is 4.50. The van der Waals surface area contributed by atoms with Crippen LogP contribution in [0, 0.1) is 0 Å². The Bertz CT molecular complexity index is 824. The van der Waals surface area contributed by atoms with Crippen LogP contribution in [0.3, 0.4) is 0 Å². The van der Waals surface area contributed by atoms with Gasteiger partial charge in [0, 0.05) is 16.0 Å². The third kappa shape index (κ3) is 2.08. The van der Waals surface area contributed by atoms with Crippen molar-refractivity contribution in [3.05, 3.63) is 71.6 Å². The number of carbonyl (C=O) groups excluding carboxylic acids is 1. The van der Waals surface area contributed by atoms with Gasteiger partial charge in [-0.05, 0) is 24.3 Å². The maximum absolute atomic E-state index is 12.6. The van der Waals surface area contributed by atoms with E-state index in [2.05, 4.69) is 4.98 Å². The van der Waals surface area contributed by atoms with Gasteiger partial charge in [0.15, 0.2) is 5.69 Å². The van der Waals surface area contributed by atoms with Crippen LogP contribution in [0.2, 0.25) is 0 Å². The molecule has 0 fully saturated rings. The SMILES string of the molecule is O=C1c2ccccc2SCc2oc(-c3ccccc3)nc21. The number of carbonyl (C=O) groups is 1. The molecule has 0 unspecified atom stereocenters. The van der Waals surface area contributed by atoms with Gasteiger partial charge >= 0.3 is 0 Å². The molecule has 3 nitrogen and oxygen atoms in total. The molecule has 4 rings (SSSR count). The normalized spacial score (nSPS) is 13.4. The van der Waals surface area contributed by atoms with Gasteiger partial charge in [-0.1, -0.05) is 30.3 Å². The minimum atomic E-state index is -0.0588. The Morgan fingerprint density at radius 1 is 1.00 bits per heavy atom. The second kappa shape index (κ2) is 4.90. The van der Waals surface area contributed by atoms with Crippen LogP contribution < -0.4 is 0 Å². The molecule has 21 heavy (non-hydrogen) atoms. The van der Waals surface area contributed by atoms with E-state index in [9.17, 15) is 4.79 Å². The third-order valence-electron chi connectivity index (χ3n) is 3.42. The molecule has 0 amide bonds. The number of thioether (sulfide) groups is 1. The van der Waals surface area contributed by atoms with Gasteiger partial charge in [-0.25, -0.2) is 4.98 Å². The zero-order chi connectivity index (χ0) is 14.2. The molecule has 1 aromatic heterocycles. The maximum atomic E-state index is 12.6. The van der Waals surface area contributed by atoms with E-state index in [4.69, 9.17) is 4.42 Å². The fourth-order valence-electron chi connectivity index (χ4n) is 2.38. The number of nitrogens with zero attached hydrogens (tertiary/aromatic N) is 1. The van der Waals surface area contributed by atoms with Crippen molar-refractivity contribution in [2.75, 3.05) is 0 Å². The monoisotopic (exact) mass is 293 g/mol. The van der Waals surface area contributed by atoms with E-state index >= 15 is 0 Å². The minimum Gasteiger partial charge on any atom is -0.439 e. The number of oxazole rings is 1. The smallest absolute Gasteiger partial charge is 0.227 e. The van der Waals surface area contributed by atoms with Gasteiger partial charge in [0.1, 0.15) is 5.76 Å². The van der Waals surface area contributed by atoms with E-state index in [1.165, 1.54) is 0 Å². The average Bonchev–Trinajstić information content (AvgIpc) is 2.92. The summed E-state index contributed by atoms with van der Waals surface area (Å²) in [4.78, 5) is 18.1. The molecule has 2 aromatic carbocycles. The summed E-state index contributed by atoms with van der Waals surface area (Å²) in [5.74, 6) is 1.73. The standard InChI is InChI=1S/C17H11NO2S/c19-16-12-8-4-5-9-14(12)21-10-13-15(16)18-17(20-13)11-6-2-1-3-7-11/h1-9H,10H2. The van der Waals surface area contributed by atoms with E-state index < -0.39 is 0 Å². The van der Waals surface area contributed by atoms with Crippen molar-refractivity contribution in [3.63, 3.8) is 0 Å². The lowest BCUT2D eigenvalue weighted by Gasteiger charge is -2.01. The summed E-state index contributed by atoms with van der Waals surface area (Å²) in [5.41, 5.74) is 2.03. The Morgan fingerprint density at radius 3 is 2.62 bits per heavy atom. The summed E-state index contributed by atoms with van der Waals surface area (Å²) in [6, 6.07) is 17.3. The predicted molar refractivity (Wildman–Crippen MR) is 81.4 cm³/mol. The topological polar surface area (TPSA) is 43.1 Å². The van der Waals surface area contributed by atoms with Crippen LogP contribution in [0.1, 0.15) is 21.8 Å². The van der Waals surface area contributed by atoms with Gasteiger partial charge in [0.25, 0.3) is 0 Å². The molecule has 0 saturated heterocycles. The summed E-state index contributed by atoms with van der Waals surface area (Å²) >= 11 is 1.61. The largest absolute Gasteiger partial charge is 0.439 e. The molecule has 0 atom stereocenters. The molecular formula is C17H11NO2S. The molecule has 1 aliphatic heterocycles. The molecular weight excluding hydrogens is 282 g/mol. The molecule has 0 saturated carbocycles. The molecule has 3 aromatic rings. The van der Waals surface area contributed by atoms with Crippen LogP contribution in [-0.4, -0.2) is 10.8 Å². The molecule has 2 heterocycles. The lowest BCUT2D eigenvalue weighted by molar-refractivity contribution is 0.103. The summed E-state index contributed by atoms with van der Waals surface area (Å²) in [5, 5.41) is 0. The Hall–Kier alpha value is -2.33. The van der Waals surface area contributed by atoms with E-state index in [1.807, 2.05) is 54.6 Å². The van der Waals surface area contributed by atoms with Crippen molar-refractivity contribution in [2.24, 2.45) is 0 Å².